The van der Waals surface area contributed by atoms with Crippen molar-refractivity contribution in [1.29, 1.82) is 0 Å². The van der Waals surface area contributed by atoms with Crippen molar-refractivity contribution < 1.29 is 21.6 Å². The first-order chi connectivity index (χ1) is 8.10. The average molecular weight is 288 g/mol. The molecular formula is C10H19F3N2O2S. The number of piperidine rings is 1. The predicted octanol–water partition coefficient (Wildman–Crippen LogP) is 1.33. The molecule has 1 aliphatic heterocycles. The van der Waals surface area contributed by atoms with Crippen molar-refractivity contribution in [3.05, 3.63) is 0 Å². The lowest BCUT2D eigenvalue weighted by atomic mass is 9.99. The molecule has 1 saturated heterocycles. The Labute approximate surface area is 105 Å². The first-order valence-corrected chi connectivity index (χ1v) is 7.51. The van der Waals surface area contributed by atoms with Gasteiger partial charge in [0.2, 0.25) is 10.0 Å². The molecule has 1 fully saturated rings. The van der Waals surface area contributed by atoms with Crippen molar-refractivity contribution >= 4 is 10.0 Å². The second-order valence-corrected chi connectivity index (χ2v) is 7.04. The maximum atomic E-state index is 12.0. The van der Waals surface area contributed by atoms with Gasteiger partial charge in [0.15, 0.2) is 0 Å². The second-order valence-electron chi connectivity index (χ2n) is 4.95. The van der Waals surface area contributed by atoms with E-state index in [-0.39, 0.29) is 18.5 Å². The molecule has 0 saturated carbocycles. The minimum Gasteiger partial charge on any atom is -0.326 e. The second kappa shape index (κ2) is 5.75. The van der Waals surface area contributed by atoms with Crippen molar-refractivity contribution in [3.63, 3.8) is 0 Å². The molecule has 0 aliphatic carbocycles. The van der Waals surface area contributed by atoms with Crippen LogP contribution in [0.25, 0.3) is 0 Å². The maximum Gasteiger partial charge on any atom is 0.389 e. The fourth-order valence-corrected chi connectivity index (χ4v) is 3.83. The Morgan fingerprint density at radius 1 is 1.33 bits per heavy atom. The molecule has 2 unspecified atom stereocenters. The summed E-state index contributed by atoms with van der Waals surface area (Å²) in [5.74, 6) is -0.322. The smallest absolute Gasteiger partial charge is 0.326 e. The molecule has 18 heavy (non-hydrogen) atoms. The number of rotatable bonds is 4. The van der Waals surface area contributed by atoms with Gasteiger partial charge >= 0.3 is 6.18 Å². The van der Waals surface area contributed by atoms with Crippen LogP contribution in [0, 0.1) is 5.92 Å². The van der Waals surface area contributed by atoms with E-state index in [1.54, 1.807) is 0 Å². The number of nitrogens with zero attached hydrogens (tertiary/aromatic N) is 1. The molecule has 8 heteroatoms. The lowest BCUT2D eigenvalue weighted by Crippen LogP contribution is -2.49. The van der Waals surface area contributed by atoms with Gasteiger partial charge in [0.05, 0.1) is 5.75 Å². The quantitative estimate of drug-likeness (QED) is 0.849. The molecule has 0 aromatic heterocycles. The fraction of sp³-hybridized carbons (Fsp3) is 1.00. The molecule has 0 amide bonds. The molecular weight excluding hydrogens is 269 g/mol. The highest BCUT2D eigenvalue weighted by Gasteiger charge is 2.32. The third kappa shape index (κ3) is 5.11. The van der Waals surface area contributed by atoms with Crippen molar-refractivity contribution in [2.45, 2.75) is 38.4 Å². The minimum absolute atomic E-state index is 0.145. The molecule has 1 aliphatic rings. The van der Waals surface area contributed by atoms with Gasteiger partial charge in [-0.2, -0.15) is 13.2 Å². The number of alkyl halides is 3. The molecule has 2 N–H and O–H groups in total. The Kier molecular flexibility index (Phi) is 5.02. The van der Waals surface area contributed by atoms with Gasteiger partial charge in [0.1, 0.15) is 0 Å². The van der Waals surface area contributed by atoms with Crippen LogP contribution >= 0.6 is 0 Å². The predicted molar refractivity (Wildman–Crippen MR) is 62.4 cm³/mol. The fourth-order valence-electron chi connectivity index (χ4n) is 2.16. The standard InChI is InChI=1S/C10H19F3N2O2S/c1-8-5-9(14)7-15(6-8)18(16,17)4-2-3-10(11,12)13/h8-9H,2-7,14H2,1H3. The van der Waals surface area contributed by atoms with Gasteiger partial charge in [-0.15, -0.1) is 0 Å². The Morgan fingerprint density at radius 3 is 2.44 bits per heavy atom. The first-order valence-electron chi connectivity index (χ1n) is 5.90. The average Bonchev–Trinajstić information content (AvgIpc) is 2.13. The van der Waals surface area contributed by atoms with E-state index in [0.29, 0.717) is 6.54 Å². The Balaban J connectivity index is 2.52. The highest BCUT2D eigenvalue weighted by atomic mass is 32.2. The Bertz CT molecular complexity index is 360. The van der Waals surface area contributed by atoms with E-state index in [9.17, 15) is 21.6 Å². The van der Waals surface area contributed by atoms with Gasteiger partial charge in [-0.05, 0) is 18.8 Å². The zero-order valence-corrected chi connectivity index (χ0v) is 11.1. The van der Waals surface area contributed by atoms with Crippen LogP contribution in [0.5, 0.6) is 0 Å². The SMILES string of the molecule is CC1CC(N)CN(S(=O)(=O)CCCC(F)(F)F)C1. The van der Waals surface area contributed by atoms with E-state index >= 15 is 0 Å². The largest absolute Gasteiger partial charge is 0.389 e. The number of halogens is 3. The molecule has 0 radical (unpaired) electrons. The van der Waals surface area contributed by atoms with E-state index in [0.717, 1.165) is 6.42 Å². The minimum atomic E-state index is -4.30. The Morgan fingerprint density at radius 2 is 1.94 bits per heavy atom. The highest BCUT2D eigenvalue weighted by Crippen LogP contribution is 2.23. The molecule has 0 aromatic carbocycles. The van der Waals surface area contributed by atoms with Crippen molar-refractivity contribution in [3.8, 4) is 0 Å². The van der Waals surface area contributed by atoms with Gasteiger partial charge < -0.3 is 5.73 Å². The van der Waals surface area contributed by atoms with E-state index in [1.165, 1.54) is 4.31 Å². The summed E-state index contributed by atoms with van der Waals surface area (Å²) in [6, 6.07) is -0.230. The van der Waals surface area contributed by atoms with E-state index in [2.05, 4.69) is 0 Å². The van der Waals surface area contributed by atoms with Crippen molar-refractivity contribution in [2.24, 2.45) is 11.7 Å². The van der Waals surface area contributed by atoms with Crippen molar-refractivity contribution in [1.82, 2.24) is 4.31 Å². The van der Waals surface area contributed by atoms with Gasteiger partial charge in [0.25, 0.3) is 0 Å². The summed E-state index contributed by atoms with van der Waals surface area (Å²) in [5.41, 5.74) is 5.72. The monoisotopic (exact) mass is 288 g/mol. The normalized spacial score (nSPS) is 27.4. The van der Waals surface area contributed by atoms with E-state index in [1.807, 2.05) is 6.92 Å². The van der Waals surface area contributed by atoms with Crippen LogP contribution in [0.3, 0.4) is 0 Å². The van der Waals surface area contributed by atoms with Gasteiger partial charge in [-0.3, -0.25) is 0 Å². The van der Waals surface area contributed by atoms with Crippen LogP contribution in [-0.2, 0) is 10.0 Å². The molecule has 4 nitrogen and oxygen atoms in total. The first kappa shape index (κ1) is 15.7. The van der Waals surface area contributed by atoms with Crippen LogP contribution < -0.4 is 5.73 Å². The number of hydrogen-bond donors (Lipinski definition) is 1. The van der Waals surface area contributed by atoms with E-state index < -0.39 is 34.8 Å². The summed E-state index contributed by atoms with van der Waals surface area (Å²) < 4.78 is 60.9. The van der Waals surface area contributed by atoms with Gasteiger partial charge in [0, 0.05) is 25.6 Å². The zero-order valence-electron chi connectivity index (χ0n) is 10.3. The molecule has 0 bridgehead atoms. The Hall–Kier alpha value is -0.340. The number of nitrogens with two attached hydrogens (primary N) is 1. The molecule has 1 heterocycles. The lowest BCUT2D eigenvalue weighted by molar-refractivity contribution is -0.134. The van der Waals surface area contributed by atoms with Gasteiger partial charge in [-0.1, -0.05) is 6.92 Å². The van der Waals surface area contributed by atoms with Crippen LogP contribution in [0.4, 0.5) is 13.2 Å². The number of hydrogen-bond acceptors (Lipinski definition) is 3. The molecule has 1 rings (SSSR count). The van der Waals surface area contributed by atoms with Crippen LogP contribution in [0.15, 0.2) is 0 Å². The van der Waals surface area contributed by atoms with Crippen LogP contribution in [-0.4, -0.2) is 43.8 Å². The maximum absolute atomic E-state index is 12.0. The van der Waals surface area contributed by atoms with Crippen molar-refractivity contribution in [2.75, 3.05) is 18.8 Å². The van der Waals surface area contributed by atoms with Gasteiger partial charge in [-0.25, -0.2) is 12.7 Å². The molecule has 108 valence electrons. The highest BCUT2D eigenvalue weighted by molar-refractivity contribution is 7.89. The summed E-state index contributed by atoms with van der Waals surface area (Å²) in [6.07, 6.45) is -5.02. The van der Waals surface area contributed by atoms with Crippen LogP contribution in [0.1, 0.15) is 26.2 Å². The summed E-state index contributed by atoms with van der Waals surface area (Å²) in [7, 11) is -3.62. The summed E-state index contributed by atoms with van der Waals surface area (Å²) >= 11 is 0. The van der Waals surface area contributed by atoms with E-state index in [4.69, 9.17) is 5.73 Å². The summed E-state index contributed by atoms with van der Waals surface area (Å²) in [6.45, 7) is 2.44. The number of sulfonamides is 1. The summed E-state index contributed by atoms with van der Waals surface area (Å²) in [4.78, 5) is 0. The molecule has 2 atom stereocenters. The molecule has 0 spiro atoms. The third-order valence-corrected chi connectivity index (χ3v) is 4.80. The topological polar surface area (TPSA) is 63.4 Å². The zero-order chi connectivity index (χ0) is 14.0. The lowest BCUT2D eigenvalue weighted by Gasteiger charge is -2.33. The van der Waals surface area contributed by atoms with Crippen LogP contribution in [0.2, 0.25) is 0 Å². The summed E-state index contributed by atoms with van der Waals surface area (Å²) in [5, 5.41) is 0. The third-order valence-electron chi connectivity index (χ3n) is 2.91. The molecule has 0 aromatic rings.